The first kappa shape index (κ1) is 14.8. The van der Waals surface area contributed by atoms with E-state index in [1.54, 1.807) is 16.8 Å². The Hall–Kier alpha value is -2.80. The summed E-state index contributed by atoms with van der Waals surface area (Å²) in [5.74, 6) is 0.434. The Morgan fingerprint density at radius 3 is 2.54 bits per heavy atom. The van der Waals surface area contributed by atoms with E-state index in [1.807, 2.05) is 30.3 Å². The highest BCUT2D eigenvalue weighted by atomic mass is 32.2. The molecule has 118 valence electrons. The van der Waals surface area contributed by atoms with Gasteiger partial charge in [-0.25, -0.2) is 14.4 Å². The average molecular weight is 337 g/mol. The van der Waals surface area contributed by atoms with Gasteiger partial charge in [0.2, 0.25) is 0 Å². The molecule has 7 heteroatoms. The minimum Gasteiger partial charge on any atom is -0.227 e. The molecular formula is C17H12FN5S. The van der Waals surface area contributed by atoms with Gasteiger partial charge in [0.1, 0.15) is 17.2 Å². The molecule has 0 fully saturated rings. The Morgan fingerprint density at radius 2 is 1.75 bits per heavy atom. The van der Waals surface area contributed by atoms with E-state index in [-0.39, 0.29) is 5.82 Å². The molecule has 5 nitrogen and oxygen atoms in total. The number of hydrogen-bond acceptors (Lipinski definition) is 5. The van der Waals surface area contributed by atoms with Crippen LogP contribution in [-0.4, -0.2) is 25.0 Å². The summed E-state index contributed by atoms with van der Waals surface area (Å²) in [6.07, 6.45) is 1.51. The number of nitrogens with zero attached hydrogens (tertiary/aromatic N) is 5. The maximum atomic E-state index is 13.0. The molecule has 0 aliphatic carbocycles. The van der Waals surface area contributed by atoms with Crippen LogP contribution in [0.1, 0.15) is 5.56 Å². The largest absolute Gasteiger partial charge is 0.227 e. The molecule has 0 unspecified atom stereocenters. The third kappa shape index (κ3) is 2.85. The van der Waals surface area contributed by atoms with Crippen molar-refractivity contribution < 1.29 is 4.39 Å². The molecule has 4 rings (SSSR count). The lowest BCUT2D eigenvalue weighted by Crippen LogP contribution is -1.97. The van der Waals surface area contributed by atoms with Crippen LogP contribution in [-0.2, 0) is 5.75 Å². The Bertz CT molecular complexity index is 969. The van der Waals surface area contributed by atoms with E-state index in [2.05, 4.69) is 20.3 Å². The quantitative estimate of drug-likeness (QED) is 0.420. The summed E-state index contributed by atoms with van der Waals surface area (Å²) in [6, 6.07) is 16.2. The van der Waals surface area contributed by atoms with Gasteiger partial charge in [-0.05, 0) is 29.8 Å². The van der Waals surface area contributed by atoms with E-state index in [0.717, 1.165) is 16.3 Å². The fourth-order valence-electron chi connectivity index (χ4n) is 2.31. The SMILES string of the molecule is Fc1ccc(CSc2ncnc3c2nnn3-c2ccccc2)cc1. The lowest BCUT2D eigenvalue weighted by atomic mass is 10.2. The molecule has 4 aromatic rings. The van der Waals surface area contributed by atoms with Gasteiger partial charge in [0.25, 0.3) is 0 Å². The van der Waals surface area contributed by atoms with Crippen LogP contribution in [0.15, 0.2) is 66.0 Å². The smallest absolute Gasteiger partial charge is 0.187 e. The monoisotopic (exact) mass is 337 g/mol. The second kappa shape index (κ2) is 6.37. The number of rotatable bonds is 4. The first-order chi connectivity index (χ1) is 11.8. The highest BCUT2D eigenvalue weighted by Gasteiger charge is 2.13. The van der Waals surface area contributed by atoms with Crippen LogP contribution >= 0.6 is 11.8 Å². The summed E-state index contributed by atoms with van der Waals surface area (Å²) >= 11 is 1.53. The number of fused-ring (bicyclic) bond motifs is 1. The molecule has 0 amide bonds. The van der Waals surface area contributed by atoms with Crippen molar-refractivity contribution in [1.82, 2.24) is 25.0 Å². The van der Waals surface area contributed by atoms with E-state index < -0.39 is 0 Å². The highest BCUT2D eigenvalue weighted by Crippen LogP contribution is 2.26. The van der Waals surface area contributed by atoms with Gasteiger partial charge in [0, 0.05) is 5.75 Å². The Kier molecular flexibility index (Phi) is 3.92. The maximum Gasteiger partial charge on any atom is 0.187 e. The van der Waals surface area contributed by atoms with Crippen LogP contribution in [0.3, 0.4) is 0 Å². The molecule has 2 aromatic carbocycles. The van der Waals surface area contributed by atoms with Crippen molar-refractivity contribution in [2.45, 2.75) is 10.8 Å². The molecule has 2 heterocycles. The van der Waals surface area contributed by atoms with Gasteiger partial charge in [-0.1, -0.05) is 47.3 Å². The molecule has 0 N–H and O–H groups in total. The van der Waals surface area contributed by atoms with Gasteiger partial charge in [0.05, 0.1) is 5.69 Å². The molecule has 0 atom stereocenters. The predicted molar refractivity (Wildman–Crippen MR) is 90.4 cm³/mol. The van der Waals surface area contributed by atoms with Crippen LogP contribution in [0.4, 0.5) is 4.39 Å². The Labute approximate surface area is 141 Å². The van der Waals surface area contributed by atoms with Crippen LogP contribution in [0.2, 0.25) is 0 Å². The zero-order chi connectivity index (χ0) is 16.4. The highest BCUT2D eigenvalue weighted by molar-refractivity contribution is 7.98. The van der Waals surface area contributed by atoms with Crippen LogP contribution in [0.5, 0.6) is 0 Å². The van der Waals surface area contributed by atoms with Crippen molar-refractivity contribution in [3.63, 3.8) is 0 Å². The fourth-order valence-corrected chi connectivity index (χ4v) is 3.20. The van der Waals surface area contributed by atoms with Crippen molar-refractivity contribution in [3.05, 3.63) is 72.3 Å². The number of halogens is 1. The van der Waals surface area contributed by atoms with Gasteiger partial charge in [-0.3, -0.25) is 0 Å². The second-order valence-corrected chi connectivity index (χ2v) is 6.07. The van der Waals surface area contributed by atoms with Gasteiger partial charge in [-0.15, -0.1) is 5.10 Å². The van der Waals surface area contributed by atoms with E-state index in [4.69, 9.17) is 0 Å². The molecule has 2 aromatic heterocycles. The summed E-state index contributed by atoms with van der Waals surface area (Å²) in [5.41, 5.74) is 3.24. The number of aromatic nitrogens is 5. The number of thioether (sulfide) groups is 1. The predicted octanol–water partition coefficient (Wildman–Crippen LogP) is 3.64. The van der Waals surface area contributed by atoms with Crippen molar-refractivity contribution in [2.24, 2.45) is 0 Å². The van der Waals surface area contributed by atoms with Crippen molar-refractivity contribution >= 4 is 22.9 Å². The second-order valence-electron chi connectivity index (χ2n) is 5.10. The molecule has 0 saturated heterocycles. The third-order valence-electron chi connectivity index (χ3n) is 3.49. The normalized spacial score (nSPS) is 11.0. The number of hydrogen-bond donors (Lipinski definition) is 0. The molecule has 0 aliphatic rings. The first-order valence-corrected chi connectivity index (χ1v) is 8.29. The Morgan fingerprint density at radius 1 is 0.958 bits per heavy atom. The number of benzene rings is 2. The Balaban J connectivity index is 1.65. The minimum absolute atomic E-state index is 0.237. The third-order valence-corrected chi connectivity index (χ3v) is 4.54. The molecular weight excluding hydrogens is 325 g/mol. The fraction of sp³-hybridized carbons (Fsp3) is 0.0588. The molecule has 0 radical (unpaired) electrons. The van der Waals surface area contributed by atoms with Crippen molar-refractivity contribution in [1.29, 1.82) is 0 Å². The van der Waals surface area contributed by atoms with Crippen molar-refractivity contribution in [3.8, 4) is 5.69 Å². The topological polar surface area (TPSA) is 56.5 Å². The van der Waals surface area contributed by atoms with Gasteiger partial charge >= 0.3 is 0 Å². The van der Waals surface area contributed by atoms with Crippen LogP contribution < -0.4 is 0 Å². The van der Waals surface area contributed by atoms with E-state index in [0.29, 0.717) is 16.9 Å². The molecule has 24 heavy (non-hydrogen) atoms. The average Bonchev–Trinajstić information content (AvgIpc) is 3.07. The zero-order valence-electron chi connectivity index (χ0n) is 12.5. The molecule has 0 spiro atoms. The van der Waals surface area contributed by atoms with E-state index >= 15 is 0 Å². The molecule has 0 bridgehead atoms. The minimum atomic E-state index is -0.237. The lowest BCUT2D eigenvalue weighted by Gasteiger charge is -2.03. The van der Waals surface area contributed by atoms with E-state index in [1.165, 1.54) is 30.2 Å². The summed E-state index contributed by atoms with van der Waals surface area (Å²) in [5, 5.41) is 9.18. The van der Waals surface area contributed by atoms with Gasteiger partial charge < -0.3 is 0 Å². The van der Waals surface area contributed by atoms with Crippen LogP contribution in [0.25, 0.3) is 16.9 Å². The first-order valence-electron chi connectivity index (χ1n) is 7.30. The summed E-state index contributed by atoms with van der Waals surface area (Å²) < 4.78 is 14.7. The summed E-state index contributed by atoms with van der Waals surface area (Å²) in [7, 11) is 0. The lowest BCUT2D eigenvalue weighted by molar-refractivity contribution is 0.627. The summed E-state index contributed by atoms with van der Waals surface area (Å²) in [4.78, 5) is 8.62. The maximum absolute atomic E-state index is 13.0. The van der Waals surface area contributed by atoms with Gasteiger partial charge in [0.15, 0.2) is 11.2 Å². The zero-order valence-corrected chi connectivity index (χ0v) is 13.3. The summed E-state index contributed by atoms with van der Waals surface area (Å²) in [6.45, 7) is 0. The van der Waals surface area contributed by atoms with E-state index in [9.17, 15) is 4.39 Å². The standard InChI is InChI=1S/C17H12FN5S/c18-13-8-6-12(7-9-13)10-24-17-15-16(19-11-20-17)23(22-21-15)14-4-2-1-3-5-14/h1-9,11H,10H2. The molecule has 0 aliphatic heterocycles. The molecule has 0 saturated carbocycles. The van der Waals surface area contributed by atoms with Crippen LogP contribution in [0, 0.1) is 5.82 Å². The van der Waals surface area contributed by atoms with Crippen molar-refractivity contribution in [2.75, 3.05) is 0 Å². The van der Waals surface area contributed by atoms with Gasteiger partial charge in [-0.2, -0.15) is 4.68 Å². The number of para-hydroxylation sites is 1.